The second-order valence-corrected chi connectivity index (χ2v) is 9.65. The molecule has 40 heavy (non-hydrogen) atoms. The van der Waals surface area contributed by atoms with Gasteiger partial charge in [0.15, 0.2) is 6.10 Å². The molecule has 0 aliphatic rings. The zero-order valence-corrected chi connectivity index (χ0v) is 24.2. The predicted octanol–water partition coefficient (Wildman–Crippen LogP) is 4.29. The van der Waals surface area contributed by atoms with Gasteiger partial charge in [0, 0.05) is 12.3 Å². The molecule has 0 aliphatic heterocycles. The molecule has 0 radical (unpaired) electrons. The summed E-state index contributed by atoms with van der Waals surface area (Å²) >= 11 is 0. The molecule has 0 bridgehead atoms. The molecule has 0 saturated heterocycles. The van der Waals surface area contributed by atoms with E-state index in [9.17, 15) is 14.2 Å². The fourth-order valence-electron chi connectivity index (χ4n) is 3.07. The zero-order chi connectivity index (χ0) is 29.7. The van der Waals surface area contributed by atoms with E-state index in [1.807, 2.05) is 0 Å². The average Bonchev–Trinajstić information content (AvgIpc) is 2.91. The topological polar surface area (TPSA) is 119 Å². The Morgan fingerprint density at radius 2 is 1.18 bits per heavy atom. The highest BCUT2D eigenvalue weighted by Gasteiger charge is 2.22. The molecule has 214 valence electrons. The Bertz CT molecular complexity index is 1190. The lowest BCUT2D eigenvalue weighted by Crippen LogP contribution is -2.29. The van der Waals surface area contributed by atoms with E-state index in [2.05, 4.69) is 82.5 Å². The van der Waals surface area contributed by atoms with Crippen LogP contribution in [0.15, 0.2) is 0 Å². The minimum absolute atomic E-state index is 0.137. The van der Waals surface area contributed by atoms with Crippen molar-refractivity contribution in [2.45, 2.75) is 97.0 Å². The average molecular weight is 569 g/mol. The molecule has 0 unspecified atom stereocenters. The number of ether oxygens (including phenoxy) is 2. The predicted molar refractivity (Wildman–Crippen MR) is 152 cm³/mol. The highest BCUT2D eigenvalue weighted by Crippen LogP contribution is 2.35. The van der Waals surface area contributed by atoms with E-state index in [1.165, 1.54) is 44.9 Å². The van der Waals surface area contributed by atoms with E-state index >= 15 is 0 Å². The number of hydrogen-bond donors (Lipinski definition) is 2. The molecule has 0 spiro atoms. The molecule has 2 N–H and O–H groups in total. The summed E-state index contributed by atoms with van der Waals surface area (Å²) in [4.78, 5) is 41.8. The van der Waals surface area contributed by atoms with Gasteiger partial charge in [-0.25, -0.2) is 9.36 Å². The van der Waals surface area contributed by atoms with Gasteiger partial charge in [0.05, 0.1) is 6.61 Å². The van der Waals surface area contributed by atoms with Crippen molar-refractivity contribution < 1.29 is 37.9 Å². The summed E-state index contributed by atoms with van der Waals surface area (Å²) in [5.41, 5.74) is 0. The number of carbonyl (C=O) groups excluding carboxylic acids is 2. The van der Waals surface area contributed by atoms with E-state index in [1.54, 1.807) is 6.92 Å². The minimum Gasteiger partial charge on any atom is -0.456 e. The fraction of sp³-hybridized carbons (Fsp3) is 0.548. The number of unbranched alkanes of at least 4 members (excludes halogenated alkanes) is 10. The Labute approximate surface area is 238 Å². The van der Waals surface area contributed by atoms with Crippen molar-refractivity contribution in [1.29, 1.82) is 0 Å². The highest BCUT2D eigenvalue weighted by molar-refractivity contribution is 7.46. The Hall–Kier alpha value is -3.59. The van der Waals surface area contributed by atoms with Gasteiger partial charge < -0.3 is 19.3 Å². The summed E-state index contributed by atoms with van der Waals surface area (Å²) in [7, 11) is -4.81. The molecule has 0 saturated carbocycles. The van der Waals surface area contributed by atoms with E-state index in [-0.39, 0.29) is 6.42 Å². The third-order valence-corrected chi connectivity index (χ3v) is 5.45. The summed E-state index contributed by atoms with van der Waals surface area (Å²) in [5, 5.41) is 0. The van der Waals surface area contributed by atoms with Gasteiger partial charge in [-0.05, 0) is 72.5 Å². The first-order valence-electron chi connectivity index (χ1n) is 13.3. The number of carbonyl (C=O) groups is 2. The summed E-state index contributed by atoms with van der Waals surface area (Å²) in [6.07, 6.45) is 11.4. The van der Waals surface area contributed by atoms with E-state index in [0.717, 1.165) is 19.3 Å². The van der Waals surface area contributed by atoms with Gasteiger partial charge in [0.2, 0.25) is 0 Å². The van der Waals surface area contributed by atoms with E-state index in [4.69, 9.17) is 19.3 Å². The lowest BCUT2D eigenvalue weighted by atomic mass is 10.1. The number of phosphoric acid groups is 1. The Balaban J connectivity index is 4.47. The van der Waals surface area contributed by atoms with Gasteiger partial charge in [-0.1, -0.05) is 77.1 Å². The third kappa shape index (κ3) is 27.4. The molecule has 9 heteroatoms. The van der Waals surface area contributed by atoms with Crippen molar-refractivity contribution in [2.75, 3.05) is 13.2 Å². The third-order valence-electron chi connectivity index (χ3n) is 4.96. The van der Waals surface area contributed by atoms with Gasteiger partial charge in [-0.15, -0.1) is 0 Å². The standard InChI is InChI=1S/C31H37O8P/c1-3-5-7-9-11-13-15-17-19-21-23-25-30(32)37-27-29(28-38-40(34,35)36)39-31(33)26-24-22-20-18-16-14-12-10-8-6-4-2/h29H,4,6,8,10,12,14,16,18,20,22,24,26-28H2,1-2H3,(H2,34,35,36)/t29-/m1/s1. The van der Waals surface area contributed by atoms with Crippen molar-refractivity contribution >= 4 is 19.8 Å². The molecule has 0 aliphatic carbocycles. The van der Waals surface area contributed by atoms with Crippen LogP contribution >= 0.6 is 7.82 Å². The quantitative estimate of drug-likeness (QED) is 0.0827. The summed E-state index contributed by atoms with van der Waals surface area (Å²) in [5.74, 6) is 27.3. The lowest BCUT2D eigenvalue weighted by Gasteiger charge is -2.17. The molecule has 0 aromatic heterocycles. The normalized spacial score (nSPS) is 10.0. The molecule has 0 aromatic rings. The maximum atomic E-state index is 12.2. The first-order valence-corrected chi connectivity index (χ1v) is 14.8. The molecular formula is C31H37O8P. The Kier molecular flexibility index (Phi) is 23.4. The molecule has 0 rings (SSSR count). The van der Waals surface area contributed by atoms with Crippen LogP contribution in [0.25, 0.3) is 0 Å². The summed E-state index contributed by atoms with van der Waals surface area (Å²) < 4.78 is 25.5. The van der Waals surface area contributed by atoms with Crippen LogP contribution < -0.4 is 0 Å². The summed E-state index contributed by atoms with van der Waals surface area (Å²) in [6.45, 7) is 2.71. The highest BCUT2D eigenvalue weighted by atomic mass is 31.2. The van der Waals surface area contributed by atoms with Crippen LogP contribution in [0.5, 0.6) is 0 Å². The smallest absolute Gasteiger partial charge is 0.456 e. The van der Waals surface area contributed by atoms with Crippen molar-refractivity contribution in [3.63, 3.8) is 0 Å². The molecule has 0 fully saturated rings. The zero-order valence-electron chi connectivity index (χ0n) is 23.3. The molecule has 0 amide bonds. The van der Waals surface area contributed by atoms with E-state index < -0.39 is 39.1 Å². The van der Waals surface area contributed by atoms with Crippen LogP contribution in [-0.2, 0) is 28.2 Å². The molecule has 8 nitrogen and oxygen atoms in total. The molecule has 1 atom stereocenters. The number of phosphoric ester groups is 1. The van der Waals surface area contributed by atoms with Gasteiger partial charge in [-0.3, -0.25) is 9.32 Å². The monoisotopic (exact) mass is 568 g/mol. The number of esters is 2. The fourth-order valence-corrected chi connectivity index (χ4v) is 3.43. The van der Waals surface area contributed by atoms with Crippen LogP contribution in [0.4, 0.5) is 0 Å². The lowest BCUT2D eigenvalue weighted by molar-refractivity contribution is -0.158. The maximum Gasteiger partial charge on any atom is 0.469 e. The van der Waals surface area contributed by atoms with Crippen molar-refractivity contribution in [3.8, 4) is 71.0 Å². The van der Waals surface area contributed by atoms with Crippen LogP contribution in [0, 0.1) is 71.0 Å². The molecular weight excluding hydrogens is 531 g/mol. The van der Waals surface area contributed by atoms with Gasteiger partial charge in [0.1, 0.15) is 6.61 Å². The van der Waals surface area contributed by atoms with Gasteiger partial charge in [-0.2, -0.15) is 0 Å². The van der Waals surface area contributed by atoms with Crippen LogP contribution in [0.2, 0.25) is 0 Å². The first-order chi connectivity index (χ1) is 19.3. The Morgan fingerprint density at radius 1 is 0.700 bits per heavy atom. The molecule has 0 aromatic carbocycles. The van der Waals surface area contributed by atoms with Crippen LogP contribution in [-0.4, -0.2) is 41.0 Å². The van der Waals surface area contributed by atoms with E-state index in [0.29, 0.717) is 6.42 Å². The van der Waals surface area contributed by atoms with Crippen molar-refractivity contribution in [3.05, 3.63) is 0 Å². The van der Waals surface area contributed by atoms with Crippen molar-refractivity contribution in [1.82, 2.24) is 0 Å². The first kappa shape index (κ1) is 36.4. The minimum atomic E-state index is -4.81. The Morgan fingerprint density at radius 3 is 1.68 bits per heavy atom. The van der Waals surface area contributed by atoms with Gasteiger partial charge in [0.25, 0.3) is 0 Å². The number of rotatable bonds is 18. The second kappa shape index (κ2) is 25.7. The SMILES string of the molecule is CC#CC#CC#CC#CC#CC#CC(=O)OC[C@H](COP(=O)(O)O)OC(=O)CCCCCCCCCCCCC. The second-order valence-electron chi connectivity index (χ2n) is 8.41. The number of hydrogen-bond acceptors (Lipinski definition) is 6. The largest absolute Gasteiger partial charge is 0.469 e. The van der Waals surface area contributed by atoms with Crippen molar-refractivity contribution in [2.24, 2.45) is 0 Å². The van der Waals surface area contributed by atoms with Crippen LogP contribution in [0.1, 0.15) is 90.9 Å². The maximum absolute atomic E-state index is 12.2. The molecule has 0 heterocycles. The van der Waals surface area contributed by atoms with Crippen LogP contribution in [0.3, 0.4) is 0 Å². The summed E-state index contributed by atoms with van der Waals surface area (Å²) in [6, 6.07) is 0. The van der Waals surface area contributed by atoms with Gasteiger partial charge >= 0.3 is 19.8 Å².